The van der Waals surface area contributed by atoms with Crippen LogP contribution >= 0.6 is 35.4 Å². The number of nitrogens with one attached hydrogen (secondary N) is 2. The van der Waals surface area contributed by atoms with Crippen LogP contribution in [-0.4, -0.2) is 18.4 Å². The number of hydrogen-bond acceptors (Lipinski definition) is 4. The molecule has 0 aliphatic heterocycles. The highest BCUT2D eigenvalue weighted by Crippen LogP contribution is 2.29. The molecule has 0 saturated carbocycles. The number of methoxy groups -OCH3 is 1. The fourth-order valence-electron chi connectivity index (χ4n) is 2.52. The SMILES string of the molecule is COc1cc(C=NNC(=S)Nc2ccccc2)ccc1OCc1ccc(Cl)cc1Cl. The third kappa shape index (κ3) is 6.35. The van der Waals surface area contributed by atoms with E-state index in [2.05, 4.69) is 15.8 Å². The van der Waals surface area contributed by atoms with Gasteiger partial charge in [0.2, 0.25) is 0 Å². The third-order valence-corrected chi connectivity index (χ3v) is 4.78. The first kappa shape index (κ1) is 21.9. The summed E-state index contributed by atoms with van der Waals surface area (Å²) in [6.07, 6.45) is 1.64. The summed E-state index contributed by atoms with van der Waals surface area (Å²) in [7, 11) is 1.58. The average molecular weight is 460 g/mol. The summed E-state index contributed by atoms with van der Waals surface area (Å²) in [5, 5.41) is 8.72. The number of hydrogen-bond donors (Lipinski definition) is 2. The Labute approximate surface area is 190 Å². The zero-order chi connectivity index (χ0) is 21.3. The van der Waals surface area contributed by atoms with Crippen molar-refractivity contribution in [2.45, 2.75) is 6.61 Å². The average Bonchev–Trinajstić information content (AvgIpc) is 2.74. The van der Waals surface area contributed by atoms with Crippen molar-refractivity contribution in [1.82, 2.24) is 5.43 Å². The highest BCUT2D eigenvalue weighted by Gasteiger charge is 2.08. The van der Waals surface area contributed by atoms with Gasteiger partial charge in [-0.3, -0.25) is 5.43 Å². The summed E-state index contributed by atoms with van der Waals surface area (Å²) in [5.74, 6) is 1.17. The minimum Gasteiger partial charge on any atom is -0.493 e. The maximum absolute atomic E-state index is 6.19. The third-order valence-electron chi connectivity index (χ3n) is 4.00. The molecule has 0 spiro atoms. The van der Waals surface area contributed by atoms with Crippen molar-refractivity contribution >= 4 is 52.4 Å². The number of thiocarbonyl (C=S) groups is 1. The Morgan fingerprint density at radius 3 is 2.57 bits per heavy atom. The summed E-state index contributed by atoms with van der Waals surface area (Å²) in [6.45, 7) is 0.292. The van der Waals surface area contributed by atoms with Crippen molar-refractivity contribution in [3.05, 3.63) is 87.9 Å². The van der Waals surface area contributed by atoms with E-state index < -0.39 is 0 Å². The molecule has 0 aliphatic rings. The van der Waals surface area contributed by atoms with Gasteiger partial charge in [0.25, 0.3) is 0 Å². The molecular formula is C22H19Cl2N3O2S. The molecule has 3 rings (SSSR count). The Balaban J connectivity index is 1.59. The lowest BCUT2D eigenvalue weighted by Gasteiger charge is -2.12. The second-order valence-electron chi connectivity index (χ2n) is 6.12. The van der Waals surface area contributed by atoms with Crippen molar-refractivity contribution < 1.29 is 9.47 Å². The molecule has 2 N–H and O–H groups in total. The Hall–Kier alpha value is -2.80. The fourth-order valence-corrected chi connectivity index (χ4v) is 3.16. The van der Waals surface area contributed by atoms with Crippen LogP contribution in [-0.2, 0) is 6.61 Å². The van der Waals surface area contributed by atoms with Crippen LogP contribution in [0.1, 0.15) is 11.1 Å². The molecule has 5 nitrogen and oxygen atoms in total. The van der Waals surface area contributed by atoms with Gasteiger partial charge in [0.15, 0.2) is 16.6 Å². The summed E-state index contributed by atoms with van der Waals surface area (Å²) in [5.41, 5.74) is 5.31. The molecule has 0 heterocycles. The highest BCUT2D eigenvalue weighted by atomic mass is 35.5. The smallest absolute Gasteiger partial charge is 0.191 e. The highest BCUT2D eigenvalue weighted by molar-refractivity contribution is 7.80. The molecule has 0 fully saturated rings. The molecule has 0 unspecified atom stereocenters. The van der Waals surface area contributed by atoms with Crippen LogP contribution in [0.2, 0.25) is 10.0 Å². The maximum Gasteiger partial charge on any atom is 0.191 e. The zero-order valence-electron chi connectivity index (χ0n) is 16.1. The van der Waals surface area contributed by atoms with Crippen LogP contribution in [0.25, 0.3) is 0 Å². The molecule has 0 amide bonds. The summed E-state index contributed by atoms with van der Waals surface area (Å²) in [4.78, 5) is 0. The molecule has 0 atom stereocenters. The summed E-state index contributed by atoms with van der Waals surface area (Å²) >= 11 is 17.3. The van der Waals surface area contributed by atoms with Gasteiger partial charge in [-0.1, -0.05) is 47.5 Å². The molecule has 0 aliphatic carbocycles. The van der Waals surface area contributed by atoms with Crippen molar-refractivity contribution in [3.8, 4) is 11.5 Å². The second kappa shape index (κ2) is 10.8. The van der Waals surface area contributed by atoms with E-state index in [4.69, 9.17) is 44.9 Å². The lowest BCUT2D eigenvalue weighted by molar-refractivity contribution is 0.284. The van der Waals surface area contributed by atoms with E-state index in [1.807, 2.05) is 54.6 Å². The minimum atomic E-state index is 0.292. The Morgan fingerprint density at radius 2 is 1.83 bits per heavy atom. The molecule has 0 radical (unpaired) electrons. The lowest BCUT2D eigenvalue weighted by Crippen LogP contribution is -2.23. The van der Waals surface area contributed by atoms with Crippen LogP contribution in [0.15, 0.2) is 71.8 Å². The Kier molecular flexibility index (Phi) is 7.90. The van der Waals surface area contributed by atoms with E-state index in [1.54, 1.807) is 25.5 Å². The molecule has 3 aromatic rings. The van der Waals surface area contributed by atoms with Gasteiger partial charge in [-0.2, -0.15) is 5.10 Å². The maximum atomic E-state index is 6.19. The molecule has 8 heteroatoms. The topological polar surface area (TPSA) is 54.9 Å². The number of halogens is 2. The van der Waals surface area contributed by atoms with Gasteiger partial charge >= 0.3 is 0 Å². The van der Waals surface area contributed by atoms with E-state index in [0.29, 0.717) is 33.3 Å². The summed E-state index contributed by atoms with van der Waals surface area (Å²) in [6, 6.07) is 20.4. The van der Waals surface area contributed by atoms with Crippen molar-refractivity contribution in [1.29, 1.82) is 0 Å². The molecular weight excluding hydrogens is 441 g/mol. The van der Waals surface area contributed by atoms with Gasteiger partial charge in [0.05, 0.1) is 13.3 Å². The van der Waals surface area contributed by atoms with Crippen LogP contribution in [0.3, 0.4) is 0 Å². The first-order chi connectivity index (χ1) is 14.5. The number of ether oxygens (including phenoxy) is 2. The van der Waals surface area contributed by atoms with Crippen LogP contribution in [0.5, 0.6) is 11.5 Å². The number of para-hydroxylation sites is 1. The normalized spacial score (nSPS) is 10.6. The van der Waals surface area contributed by atoms with Gasteiger partial charge in [0, 0.05) is 21.3 Å². The number of hydrazone groups is 1. The van der Waals surface area contributed by atoms with Crippen molar-refractivity contribution in [3.63, 3.8) is 0 Å². The first-order valence-electron chi connectivity index (χ1n) is 8.95. The molecule has 0 saturated heterocycles. The van der Waals surface area contributed by atoms with E-state index in [-0.39, 0.29) is 0 Å². The first-order valence-corrected chi connectivity index (χ1v) is 10.1. The number of nitrogens with zero attached hydrogens (tertiary/aromatic N) is 1. The standard InChI is InChI=1S/C22H19Cl2N3O2S/c1-28-21-11-15(13-25-27-22(30)26-18-5-3-2-4-6-18)7-10-20(21)29-14-16-8-9-17(23)12-19(16)24/h2-13H,14H2,1H3,(H2,26,27,30). The zero-order valence-corrected chi connectivity index (χ0v) is 18.4. The van der Waals surface area contributed by atoms with Crippen molar-refractivity contribution in [2.24, 2.45) is 5.10 Å². The van der Waals surface area contributed by atoms with Crippen LogP contribution in [0, 0.1) is 0 Å². The van der Waals surface area contributed by atoms with E-state index in [0.717, 1.165) is 16.8 Å². The molecule has 154 valence electrons. The predicted octanol–water partition coefficient (Wildman–Crippen LogP) is 5.90. The Bertz CT molecular complexity index is 1050. The Morgan fingerprint density at radius 1 is 1.03 bits per heavy atom. The van der Waals surface area contributed by atoms with E-state index in [1.165, 1.54) is 0 Å². The van der Waals surface area contributed by atoms with Gasteiger partial charge in [-0.05, 0) is 60.2 Å². The quantitative estimate of drug-likeness (QED) is 0.261. The molecule has 30 heavy (non-hydrogen) atoms. The lowest BCUT2D eigenvalue weighted by atomic mass is 10.2. The second-order valence-corrected chi connectivity index (χ2v) is 7.38. The largest absolute Gasteiger partial charge is 0.493 e. The number of benzene rings is 3. The monoisotopic (exact) mass is 459 g/mol. The van der Waals surface area contributed by atoms with Gasteiger partial charge < -0.3 is 14.8 Å². The minimum absolute atomic E-state index is 0.292. The summed E-state index contributed by atoms with van der Waals surface area (Å²) < 4.78 is 11.3. The van der Waals surface area contributed by atoms with E-state index in [9.17, 15) is 0 Å². The van der Waals surface area contributed by atoms with E-state index >= 15 is 0 Å². The fraction of sp³-hybridized carbons (Fsp3) is 0.0909. The predicted molar refractivity (Wildman–Crippen MR) is 127 cm³/mol. The van der Waals surface area contributed by atoms with Crippen LogP contribution in [0.4, 0.5) is 5.69 Å². The molecule has 0 aromatic heterocycles. The van der Waals surface area contributed by atoms with Crippen LogP contribution < -0.4 is 20.2 Å². The van der Waals surface area contributed by atoms with Gasteiger partial charge in [-0.15, -0.1) is 0 Å². The van der Waals surface area contributed by atoms with Crippen molar-refractivity contribution in [2.75, 3.05) is 12.4 Å². The molecule has 3 aromatic carbocycles. The molecule has 0 bridgehead atoms. The van der Waals surface area contributed by atoms with Gasteiger partial charge in [0.1, 0.15) is 6.61 Å². The van der Waals surface area contributed by atoms with Gasteiger partial charge in [-0.25, -0.2) is 0 Å². The number of anilines is 1. The number of rotatable bonds is 7.